The molecule has 30 heavy (non-hydrogen) atoms. The number of imidazole rings is 2. The second kappa shape index (κ2) is 6.93. The Morgan fingerprint density at radius 1 is 1.20 bits per heavy atom. The highest BCUT2D eigenvalue weighted by Gasteiger charge is 2.22. The van der Waals surface area contributed by atoms with Crippen molar-refractivity contribution < 1.29 is 4.39 Å². The zero-order valence-corrected chi connectivity index (χ0v) is 15.8. The summed E-state index contributed by atoms with van der Waals surface area (Å²) in [6, 6.07) is 11.7. The topological polar surface area (TPSA) is 108 Å². The van der Waals surface area contributed by atoms with Gasteiger partial charge in [0.25, 0.3) is 0 Å². The van der Waals surface area contributed by atoms with Crippen LogP contribution in [0, 0.1) is 17.1 Å². The molecule has 0 spiro atoms. The first-order valence-electron chi connectivity index (χ1n) is 9.23. The van der Waals surface area contributed by atoms with Gasteiger partial charge in [0.2, 0.25) is 0 Å². The van der Waals surface area contributed by atoms with Gasteiger partial charge in [0.15, 0.2) is 17.1 Å². The van der Waals surface area contributed by atoms with E-state index in [0.29, 0.717) is 45.1 Å². The van der Waals surface area contributed by atoms with Gasteiger partial charge in [-0.15, -0.1) is 0 Å². The molecule has 0 fully saturated rings. The van der Waals surface area contributed by atoms with E-state index in [1.807, 2.05) is 23.6 Å². The van der Waals surface area contributed by atoms with Crippen molar-refractivity contribution in [3.63, 3.8) is 0 Å². The van der Waals surface area contributed by atoms with Crippen LogP contribution in [-0.2, 0) is 0 Å². The van der Waals surface area contributed by atoms with Crippen LogP contribution in [0.15, 0.2) is 55.2 Å². The van der Waals surface area contributed by atoms with Crippen LogP contribution in [0.5, 0.6) is 0 Å². The number of nitrogens with zero attached hydrogens (tertiary/aromatic N) is 6. The summed E-state index contributed by atoms with van der Waals surface area (Å²) in [4.78, 5) is 20.3. The van der Waals surface area contributed by atoms with Crippen LogP contribution < -0.4 is 5.32 Å². The summed E-state index contributed by atoms with van der Waals surface area (Å²) < 4.78 is 15.8. The fraction of sp³-hybridized carbons (Fsp3) is 0.0952. The summed E-state index contributed by atoms with van der Waals surface area (Å²) >= 11 is 0. The molecule has 5 rings (SSSR count). The Morgan fingerprint density at radius 3 is 2.93 bits per heavy atom. The number of hydrogen-bond acceptors (Lipinski definition) is 6. The molecule has 4 aromatic heterocycles. The van der Waals surface area contributed by atoms with E-state index >= 15 is 0 Å². The number of benzene rings is 1. The van der Waals surface area contributed by atoms with Gasteiger partial charge in [-0.05, 0) is 31.2 Å². The van der Waals surface area contributed by atoms with Crippen LogP contribution >= 0.6 is 0 Å². The molecule has 1 atom stereocenters. The van der Waals surface area contributed by atoms with E-state index in [1.54, 1.807) is 24.5 Å². The Morgan fingerprint density at radius 2 is 2.10 bits per heavy atom. The van der Waals surface area contributed by atoms with Crippen molar-refractivity contribution in [2.24, 2.45) is 0 Å². The summed E-state index contributed by atoms with van der Waals surface area (Å²) in [5, 5.41) is 12.8. The van der Waals surface area contributed by atoms with Gasteiger partial charge in [0.05, 0.1) is 29.3 Å². The number of nitrogens with one attached hydrogen (secondary N) is 2. The normalized spacial score (nSPS) is 12.2. The van der Waals surface area contributed by atoms with E-state index in [-0.39, 0.29) is 11.9 Å². The van der Waals surface area contributed by atoms with Gasteiger partial charge in [0, 0.05) is 11.8 Å². The van der Waals surface area contributed by atoms with Crippen molar-refractivity contribution in [3.05, 3.63) is 72.3 Å². The van der Waals surface area contributed by atoms with Gasteiger partial charge >= 0.3 is 0 Å². The molecular formula is C21H15FN8. The number of fused-ring (bicyclic) bond motifs is 2. The van der Waals surface area contributed by atoms with Gasteiger partial charge in [-0.25, -0.2) is 24.3 Å². The Bertz CT molecular complexity index is 1430. The van der Waals surface area contributed by atoms with Crippen molar-refractivity contribution in [1.29, 1.82) is 5.26 Å². The molecule has 0 radical (unpaired) electrons. The number of rotatable bonds is 4. The standard InChI is InChI=1S/C21H15FN8/c1-12(28-20-17-19(25-10-24-17)26-11-27-20)16-18(13-4-2-6-15(22)8-13)30-7-3-5-14(9-23)21(30)29-16/h2-8,10-12H,1H3,(H2,24,25,26,27,28). The first-order valence-corrected chi connectivity index (χ1v) is 9.23. The molecule has 2 N–H and O–H groups in total. The summed E-state index contributed by atoms with van der Waals surface area (Å²) in [6.07, 6.45) is 4.80. The smallest absolute Gasteiger partial charge is 0.182 e. The van der Waals surface area contributed by atoms with Gasteiger partial charge in [0.1, 0.15) is 23.7 Å². The summed E-state index contributed by atoms with van der Waals surface area (Å²) in [7, 11) is 0. The number of nitriles is 1. The molecule has 0 aliphatic rings. The molecule has 0 amide bonds. The molecule has 8 nitrogen and oxygen atoms in total. The lowest BCUT2D eigenvalue weighted by Crippen LogP contribution is -2.10. The van der Waals surface area contributed by atoms with Crippen molar-refractivity contribution in [2.75, 3.05) is 5.32 Å². The maximum Gasteiger partial charge on any atom is 0.182 e. The number of hydrogen-bond donors (Lipinski definition) is 2. The fourth-order valence-electron chi connectivity index (χ4n) is 3.55. The second-order valence-corrected chi connectivity index (χ2v) is 6.77. The van der Waals surface area contributed by atoms with E-state index in [9.17, 15) is 9.65 Å². The highest BCUT2D eigenvalue weighted by atomic mass is 19.1. The second-order valence-electron chi connectivity index (χ2n) is 6.77. The van der Waals surface area contributed by atoms with Crippen LogP contribution in [0.2, 0.25) is 0 Å². The predicted octanol–water partition coefficient (Wildman–Crippen LogP) is 3.85. The lowest BCUT2D eigenvalue weighted by Gasteiger charge is -2.15. The summed E-state index contributed by atoms with van der Waals surface area (Å²) in [6.45, 7) is 1.93. The van der Waals surface area contributed by atoms with Gasteiger partial charge in [-0.3, -0.25) is 4.40 Å². The molecule has 0 saturated heterocycles. The molecule has 146 valence electrons. The lowest BCUT2D eigenvalue weighted by molar-refractivity contribution is 0.628. The zero-order chi connectivity index (χ0) is 20.7. The van der Waals surface area contributed by atoms with Crippen LogP contribution in [-0.4, -0.2) is 29.3 Å². The van der Waals surface area contributed by atoms with Gasteiger partial charge < -0.3 is 10.3 Å². The number of aromatic nitrogens is 6. The SMILES string of the molecule is CC(Nc1ncnc2nc[nH]c12)c1nc2c(C#N)cccn2c1-c1cccc(F)c1. The first kappa shape index (κ1) is 17.8. The van der Waals surface area contributed by atoms with Gasteiger partial charge in [-0.1, -0.05) is 12.1 Å². The molecule has 0 aliphatic carbocycles. The molecule has 0 aliphatic heterocycles. The number of aromatic amines is 1. The molecular weight excluding hydrogens is 383 g/mol. The molecule has 0 saturated carbocycles. The van der Waals surface area contributed by atoms with Crippen molar-refractivity contribution >= 4 is 22.6 Å². The minimum absolute atomic E-state index is 0.309. The Balaban J connectivity index is 1.69. The van der Waals surface area contributed by atoms with E-state index < -0.39 is 0 Å². The third kappa shape index (κ3) is 2.82. The fourth-order valence-corrected chi connectivity index (χ4v) is 3.55. The largest absolute Gasteiger partial charge is 0.360 e. The minimum atomic E-state index is -0.347. The molecule has 9 heteroatoms. The Labute approximate surface area is 170 Å². The van der Waals surface area contributed by atoms with E-state index in [4.69, 9.17) is 4.98 Å². The number of H-pyrrole nitrogens is 1. The van der Waals surface area contributed by atoms with E-state index in [1.165, 1.54) is 18.5 Å². The third-order valence-corrected chi connectivity index (χ3v) is 4.88. The van der Waals surface area contributed by atoms with Crippen LogP contribution in [0.25, 0.3) is 28.1 Å². The molecule has 0 bridgehead atoms. The van der Waals surface area contributed by atoms with E-state index in [2.05, 4.69) is 31.3 Å². The number of anilines is 1. The molecule has 1 aromatic carbocycles. The van der Waals surface area contributed by atoms with Crippen LogP contribution in [0.3, 0.4) is 0 Å². The molecule has 1 unspecified atom stereocenters. The monoisotopic (exact) mass is 398 g/mol. The lowest BCUT2D eigenvalue weighted by atomic mass is 10.1. The quantitative estimate of drug-likeness (QED) is 0.476. The Hall–Kier alpha value is -4.32. The highest BCUT2D eigenvalue weighted by molar-refractivity contribution is 5.82. The predicted molar refractivity (Wildman–Crippen MR) is 109 cm³/mol. The summed E-state index contributed by atoms with van der Waals surface area (Å²) in [5.74, 6) is 0.230. The highest BCUT2D eigenvalue weighted by Crippen LogP contribution is 2.32. The average molecular weight is 398 g/mol. The van der Waals surface area contributed by atoms with Crippen LogP contribution in [0.1, 0.15) is 24.2 Å². The average Bonchev–Trinajstić information content (AvgIpc) is 3.39. The maximum atomic E-state index is 14.0. The zero-order valence-electron chi connectivity index (χ0n) is 15.8. The van der Waals surface area contributed by atoms with Crippen molar-refractivity contribution in [3.8, 4) is 17.3 Å². The maximum absolute atomic E-state index is 14.0. The molecule has 4 heterocycles. The minimum Gasteiger partial charge on any atom is -0.360 e. The van der Waals surface area contributed by atoms with Gasteiger partial charge in [-0.2, -0.15) is 5.26 Å². The van der Waals surface area contributed by atoms with Crippen LogP contribution in [0.4, 0.5) is 10.2 Å². The summed E-state index contributed by atoms with van der Waals surface area (Å²) in [5.41, 5.74) is 4.20. The van der Waals surface area contributed by atoms with E-state index in [0.717, 1.165) is 0 Å². The molecule has 5 aromatic rings. The first-order chi connectivity index (χ1) is 14.7. The van der Waals surface area contributed by atoms with Crippen molar-refractivity contribution in [2.45, 2.75) is 13.0 Å². The number of pyridine rings is 1. The van der Waals surface area contributed by atoms with Crippen molar-refractivity contribution in [1.82, 2.24) is 29.3 Å². The number of halogens is 1. The third-order valence-electron chi connectivity index (χ3n) is 4.88. The Kier molecular flexibility index (Phi) is 4.10.